The van der Waals surface area contributed by atoms with E-state index in [9.17, 15) is 33.4 Å². The van der Waals surface area contributed by atoms with Crippen LogP contribution in [0.2, 0.25) is 0 Å². The van der Waals surface area contributed by atoms with Crippen molar-refractivity contribution in [3.8, 4) is 0 Å². The van der Waals surface area contributed by atoms with Crippen LogP contribution in [0.25, 0.3) is 0 Å². The zero-order valence-corrected chi connectivity index (χ0v) is 18.8. The van der Waals surface area contributed by atoms with Gasteiger partial charge in [0.25, 0.3) is 0 Å². The average molecular weight is 509 g/mol. The van der Waals surface area contributed by atoms with Crippen LogP contribution >= 0.6 is 23.5 Å². The highest BCUT2D eigenvalue weighted by atomic mass is 31.3. The molecule has 1 saturated heterocycles. The minimum Gasteiger partial charge on any atom is -0.390 e. The minimum absolute atomic E-state index is 0.0386. The molecule has 178 valence electrons. The van der Waals surface area contributed by atoms with Crippen LogP contribution < -0.4 is 11.4 Å². The van der Waals surface area contributed by atoms with Crippen molar-refractivity contribution in [3.63, 3.8) is 0 Å². The molecule has 31 heavy (non-hydrogen) atoms. The van der Waals surface area contributed by atoms with Crippen molar-refractivity contribution < 1.29 is 56.3 Å². The first-order valence-corrected chi connectivity index (χ1v) is 13.0. The molecule has 1 aliphatic heterocycles. The van der Waals surface area contributed by atoms with Gasteiger partial charge in [-0.05, 0) is 19.4 Å². The molecule has 0 amide bonds. The monoisotopic (exact) mass is 509 g/mol. The predicted molar refractivity (Wildman–Crippen MR) is 101 cm³/mol. The molecule has 7 N–H and O–H groups in total. The molecular formula is C12H22N3O13P3. The zero-order valence-electron chi connectivity index (χ0n) is 16.1. The molecule has 1 fully saturated rings. The molecule has 0 aromatic carbocycles. The summed E-state index contributed by atoms with van der Waals surface area (Å²) >= 11 is 0. The molecule has 19 heteroatoms. The second kappa shape index (κ2) is 9.10. The largest absolute Gasteiger partial charge is 0.490 e. The van der Waals surface area contributed by atoms with Crippen molar-refractivity contribution >= 4 is 29.3 Å². The lowest BCUT2D eigenvalue weighted by Gasteiger charge is -2.28. The van der Waals surface area contributed by atoms with Crippen molar-refractivity contribution in [2.75, 3.05) is 12.3 Å². The predicted octanol–water partition coefficient (Wildman–Crippen LogP) is -0.157. The lowest BCUT2D eigenvalue weighted by molar-refractivity contribution is -0.115. The van der Waals surface area contributed by atoms with E-state index in [1.54, 1.807) is 6.92 Å². The van der Waals surface area contributed by atoms with E-state index in [2.05, 4.69) is 18.1 Å². The van der Waals surface area contributed by atoms with Gasteiger partial charge in [-0.1, -0.05) is 6.92 Å². The third-order valence-corrected chi connectivity index (χ3v) is 8.10. The Balaban J connectivity index is 2.18. The maximum absolute atomic E-state index is 12.1. The summed E-state index contributed by atoms with van der Waals surface area (Å²) < 4.78 is 52.6. The fraction of sp³-hybridized carbons (Fsp3) is 0.667. The third-order valence-electron chi connectivity index (χ3n) is 4.31. The van der Waals surface area contributed by atoms with Gasteiger partial charge in [0.15, 0.2) is 0 Å². The Morgan fingerprint density at radius 3 is 2.35 bits per heavy atom. The Morgan fingerprint density at radius 2 is 1.84 bits per heavy atom. The number of aliphatic hydroxyl groups is 1. The van der Waals surface area contributed by atoms with Crippen molar-refractivity contribution in [1.82, 2.24) is 9.55 Å². The van der Waals surface area contributed by atoms with Gasteiger partial charge in [-0.3, -0.25) is 9.09 Å². The second-order valence-corrected chi connectivity index (χ2v) is 11.2. The molecule has 0 radical (unpaired) electrons. The Morgan fingerprint density at radius 1 is 1.23 bits per heavy atom. The van der Waals surface area contributed by atoms with E-state index in [4.69, 9.17) is 20.3 Å². The smallest absolute Gasteiger partial charge is 0.390 e. The van der Waals surface area contributed by atoms with Crippen LogP contribution in [0.4, 0.5) is 5.82 Å². The molecule has 1 aliphatic rings. The van der Waals surface area contributed by atoms with E-state index in [1.807, 2.05) is 0 Å². The highest BCUT2D eigenvalue weighted by Crippen LogP contribution is 2.66. The summed E-state index contributed by atoms with van der Waals surface area (Å²) in [4.78, 5) is 51.6. The molecule has 0 aliphatic carbocycles. The van der Waals surface area contributed by atoms with Gasteiger partial charge in [0.2, 0.25) is 0 Å². The fourth-order valence-corrected chi connectivity index (χ4v) is 6.10. The molecule has 16 nitrogen and oxygen atoms in total. The van der Waals surface area contributed by atoms with Gasteiger partial charge in [0.05, 0.1) is 12.7 Å². The first kappa shape index (κ1) is 26.3. The lowest BCUT2D eigenvalue weighted by Crippen LogP contribution is -2.42. The van der Waals surface area contributed by atoms with E-state index < -0.39 is 59.6 Å². The van der Waals surface area contributed by atoms with E-state index in [1.165, 1.54) is 19.2 Å². The van der Waals surface area contributed by atoms with Gasteiger partial charge in [0.1, 0.15) is 17.6 Å². The van der Waals surface area contributed by atoms with E-state index in [0.29, 0.717) is 6.42 Å². The number of hydrogen-bond donors (Lipinski definition) is 6. The maximum atomic E-state index is 12.1. The normalized spacial score (nSPS) is 30.6. The topological polar surface area (TPSA) is 250 Å². The Labute approximate surface area is 175 Å². The van der Waals surface area contributed by atoms with Crippen molar-refractivity contribution in [3.05, 3.63) is 22.7 Å². The SMILES string of the molecule is CCC1C(n2ccc(N)nc2=O)OC(C)(COP(=O)(O)OP(=O)(O)OP(=O)(O)O)C1O. The van der Waals surface area contributed by atoms with Gasteiger partial charge < -0.3 is 35.2 Å². The molecule has 2 rings (SSSR count). The van der Waals surface area contributed by atoms with E-state index in [0.717, 1.165) is 4.57 Å². The highest BCUT2D eigenvalue weighted by Gasteiger charge is 2.53. The minimum atomic E-state index is -5.69. The van der Waals surface area contributed by atoms with Gasteiger partial charge in [0, 0.05) is 12.1 Å². The van der Waals surface area contributed by atoms with Crippen molar-refractivity contribution in [2.24, 2.45) is 5.92 Å². The van der Waals surface area contributed by atoms with Crippen LogP contribution in [-0.2, 0) is 31.6 Å². The number of aromatic nitrogens is 2. The molecule has 0 bridgehead atoms. The van der Waals surface area contributed by atoms with Crippen molar-refractivity contribution in [2.45, 2.75) is 38.2 Å². The number of nitrogens with two attached hydrogens (primary N) is 1. The van der Waals surface area contributed by atoms with E-state index >= 15 is 0 Å². The second-order valence-electron chi connectivity index (χ2n) is 6.74. The molecule has 6 atom stereocenters. The summed E-state index contributed by atoms with van der Waals surface area (Å²) in [5, 5.41) is 10.7. The van der Waals surface area contributed by atoms with Gasteiger partial charge >= 0.3 is 29.2 Å². The van der Waals surface area contributed by atoms with Crippen LogP contribution in [0.15, 0.2) is 17.1 Å². The summed E-state index contributed by atoms with van der Waals surface area (Å²) in [6, 6.07) is 1.32. The molecule has 6 unspecified atom stereocenters. The summed E-state index contributed by atoms with van der Waals surface area (Å²) in [6.07, 6.45) is -0.818. The zero-order chi connectivity index (χ0) is 23.8. The van der Waals surface area contributed by atoms with Crippen molar-refractivity contribution in [1.29, 1.82) is 0 Å². The van der Waals surface area contributed by atoms with Crippen LogP contribution in [0.5, 0.6) is 0 Å². The first-order chi connectivity index (χ1) is 14.0. The van der Waals surface area contributed by atoms with Gasteiger partial charge in [-0.25, -0.2) is 18.5 Å². The van der Waals surface area contributed by atoms with Crippen LogP contribution in [0.1, 0.15) is 26.5 Å². The summed E-state index contributed by atoms with van der Waals surface area (Å²) in [5.74, 6) is -0.735. The maximum Gasteiger partial charge on any atom is 0.490 e. The lowest BCUT2D eigenvalue weighted by atomic mass is 9.90. The van der Waals surface area contributed by atoms with Crippen LogP contribution in [0, 0.1) is 5.92 Å². The Hall–Kier alpha value is -0.990. The highest BCUT2D eigenvalue weighted by molar-refractivity contribution is 7.66. The number of aliphatic hydroxyl groups excluding tert-OH is 1. The number of ether oxygens (including phenoxy) is 1. The van der Waals surface area contributed by atoms with E-state index in [-0.39, 0.29) is 5.82 Å². The summed E-state index contributed by atoms with van der Waals surface area (Å²) in [5.41, 5.74) is 2.97. The summed E-state index contributed by atoms with van der Waals surface area (Å²) in [7, 11) is -16.7. The van der Waals surface area contributed by atoms with Gasteiger partial charge in [-0.15, -0.1) is 0 Å². The Kier molecular flexibility index (Phi) is 7.71. The number of hydrogen-bond acceptors (Lipinski definition) is 11. The quantitative estimate of drug-likeness (QED) is 0.237. The average Bonchev–Trinajstić information content (AvgIpc) is 2.81. The molecule has 0 spiro atoms. The Bertz CT molecular complexity index is 1010. The number of nitrogen functional groups attached to an aromatic ring is 1. The molecule has 2 heterocycles. The number of phosphoric ester groups is 1. The number of phosphoric acid groups is 3. The first-order valence-electron chi connectivity index (χ1n) is 8.47. The summed E-state index contributed by atoms with van der Waals surface area (Å²) in [6.45, 7) is 2.08. The third kappa shape index (κ3) is 6.75. The standard InChI is InChI=1S/C12H22N3O13P3/c1-3-7-9(16)12(2,26-10(7)15-5-4-8(13)14-11(15)17)6-25-30(21,22)28-31(23,24)27-29(18,19)20/h4-5,7,9-10,16H,3,6H2,1-2H3,(H,21,22)(H,23,24)(H2,13,14,17)(H2,18,19,20). The number of anilines is 1. The van der Waals surface area contributed by atoms with Crippen LogP contribution in [0.3, 0.4) is 0 Å². The van der Waals surface area contributed by atoms with Crippen LogP contribution in [-0.4, -0.2) is 52.5 Å². The molecule has 1 aromatic heterocycles. The van der Waals surface area contributed by atoms with Gasteiger partial charge in [-0.2, -0.15) is 13.6 Å². The molecule has 1 aromatic rings. The fourth-order valence-electron chi connectivity index (χ4n) is 2.98. The number of nitrogens with zero attached hydrogens (tertiary/aromatic N) is 2. The molecular weight excluding hydrogens is 487 g/mol. The number of rotatable bonds is 9. The molecule has 0 saturated carbocycles.